The summed E-state index contributed by atoms with van der Waals surface area (Å²) in [5, 5.41) is 6.88. The van der Waals surface area contributed by atoms with Gasteiger partial charge in [-0.25, -0.2) is 9.67 Å². The molecular weight excluding hydrogens is 444 g/mol. The first-order valence-electron chi connectivity index (χ1n) is 11.7. The summed E-state index contributed by atoms with van der Waals surface area (Å²) >= 11 is 1.66. The van der Waals surface area contributed by atoms with Crippen LogP contribution >= 0.6 is 11.3 Å². The number of hydrogen-bond acceptors (Lipinski definition) is 5. The zero-order valence-corrected chi connectivity index (χ0v) is 21.6. The summed E-state index contributed by atoms with van der Waals surface area (Å²) in [5.41, 5.74) is 5.05. The zero-order chi connectivity index (χ0) is 24.4. The maximum absolute atomic E-state index is 12.2. The highest BCUT2D eigenvalue weighted by Crippen LogP contribution is 2.37. The monoisotopic (exact) mass is 476 g/mol. The molecule has 1 amide bonds. The Kier molecular flexibility index (Phi) is 7.03. The van der Waals surface area contributed by atoms with Gasteiger partial charge in [0, 0.05) is 29.3 Å². The van der Waals surface area contributed by atoms with Gasteiger partial charge in [0.25, 0.3) is 0 Å². The largest absolute Gasteiger partial charge is 0.497 e. The lowest BCUT2D eigenvalue weighted by molar-refractivity contribution is -0.129. The Morgan fingerprint density at radius 2 is 2.00 bits per heavy atom. The van der Waals surface area contributed by atoms with Crippen molar-refractivity contribution in [1.82, 2.24) is 19.7 Å². The van der Waals surface area contributed by atoms with Crippen molar-refractivity contribution in [3.8, 4) is 22.1 Å². The Morgan fingerprint density at radius 1 is 1.21 bits per heavy atom. The Morgan fingerprint density at radius 3 is 2.68 bits per heavy atom. The third-order valence-electron chi connectivity index (χ3n) is 5.88. The number of nitrogens with zero attached hydrogens (tertiary/aromatic N) is 4. The van der Waals surface area contributed by atoms with E-state index in [0.29, 0.717) is 19.0 Å². The van der Waals surface area contributed by atoms with Gasteiger partial charge in [-0.3, -0.25) is 4.79 Å². The average Bonchev–Trinajstić information content (AvgIpc) is 3.41. The van der Waals surface area contributed by atoms with Gasteiger partial charge < -0.3 is 9.64 Å². The van der Waals surface area contributed by atoms with Gasteiger partial charge in [-0.2, -0.15) is 5.10 Å². The highest BCUT2D eigenvalue weighted by atomic mass is 32.1. The van der Waals surface area contributed by atoms with Gasteiger partial charge in [-0.05, 0) is 43.5 Å². The topological polar surface area (TPSA) is 60.3 Å². The number of methoxy groups -OCH3 is 1. The molecule has 0 N–H and O–H groups in total. The van der Waals surface area contributed by atoms with Gasteiger partial charge in [0.15, 0.2) is 0 Å². The molecule has 4 rings (SSSR count). The normalized spacial score (nSPS) is 11.4. The van der Waals surface area contributed by atoms with Crippen molar-refractivity contribution in [2.45, 2.75) is 53.5 Å². The lowest BCUT2D eigenvalue weighted by Crippen LogP contribution is -2.29. The standard InChI is InChI=1S/C27H32N4O2S/c1-7-13-30(19(5)32)16-23-22-14-18(4)11-12-24(22)31(29-23)27-28-25(26(34-27)17(2)3)20-9-8-10-21(15-20)33-6/h8-12,14-15,17H,7,13,16H2,1-6H3. The molecule has 0 radical (unpaired) electrons. The molecule has 0 unspecified atom stereocenters. The molecule has 2 heterocycles. The molecule has 178 valence electrons. The fraction of sp³-hybridized carbons (Fsp3) is 0.370. The maximum Gasteiger partial charge on any atom is 0.219 e. The second-order valence-electron chi connectivity index (χ2n) is 8.92. The van der Waals surface area contributed by atoms with Crippen LogP contribution in [-0.4, -0.2) is 39.2 Å². The SMILES string of the molecule is CCCN(Cc1nn(-c2nc(-c3cccc(OC)c3)c(C(C)C)s2)c2ccc(C)cc12)C(C)=O. The number of aromatic nitrogens is 3. The highest BCUT2D eigenvalue weighted by Gasteiger charge is 2.22. The average molecular weight is 477 g/mol. The Labute approximate surface area is 205 Å². The van der Waals surface area contributed by atoms with Crippen LogP contribution in [0, 0.1) is 6.92 Å². The van der Waals surface area contributed by atoms with Crippen molar-refractivity contribution in [1.29, 1.82) is 0 Å². The molecule has 0 aliphatic heterocycles. The minimum atomic E-state index is 0.0638. The number of carbonyl (C=O) groups excluding carboxylic acids is 1. The number of aryl methyl sites for hydroxylation is 1. The molecule has 0 spiro atoms. The molecule has 4 aromatic rings. The predicted octanol–water partition coefficient (Wildman–Crippen LogP) is 6.35. The van der Waals surface area contributed by atoms with Crippen LogP contribution in [0.2, 0.25) is 0 Å². The highest BCUT2D eigenvalue weighted by molar-refractivity contribution is 7.14. The van der Waals surface area contributed by atoms with Crippen molar-refractivity contribution in [2.75, 3.05) is 13.7 Å². The Balaban J connectivity index is 1.86. The quantitative estimate of drug-likeness (QED) is 0.297. The summed E-state index contributed by atoms with van der Waals surface area (Å²) in [6.45, 7) is 11.4. The van der Waals surface area contributed by atoms with E-state index in [-0.39, 0.29) is 5.91 Å². The van der Waals surface area contributed by atoms with Crippen LogP contribution in [0.5, 0.6) is 5.75 Å². The lowest BCUT2D eigenvalue weighted by atomic mass is 10.1. The van der Waals surface area contributed by atoms with E-state index in [1.807, 2.05) is 27.8 Å². The fourth-order valence-electron chi connectivity index (χ4n) is 4.13. The van der Waals surface area contributed by atoms with Crippen LogP contribution < -0.4 is 4.74 Å². The summed E-state index contributed by atoms with van der Waals surface area (Å²) in [5.74, 6) is 1.19. The number of ether oxygens (including phenoxy) is 1. The van der Waals surface area contributed by atoms with Crippen molar-refractivity contribution in [2.24, 2.45) is 0 Å². The number of thiazole rings is 1. The van der Waals surface area contributed by atoms with Gasteiger partial charge in [-0.15, -0.1) is 0 Å². The van der Waals surface area contributed by atoms with Crippen molar-refractivity contribution >= 4 is 28.1 Å². The summed E-state index contributed by atoms with van der Waals surface area (Å²) < 4.78 is 7.38. The molecule has 2 aromatic carbocycles. The maximum atomic E-state index is 12.2. The summed E-state index contributed by atoms with van der Waals surface area (Å²) in [6, 6.07) is 14.4. The van der Waals surface area contributed by atoms with E-state index in [1.54, 1.807) is 25.4 Å². The molecule has 6 nitrogen and oxygen atoms in total. The minimum Gasteiger partial charge on any atom is -0.497 e. The zero-order valence-electron chi connectivity index (χ0n) is 20.8. The van der Waals surface area contributed by atoms with Crippen LogP contribution in [0.4, 0.5) is 0 Å². The number of rotatable bonds is 8. The van der Waals surface area contributed by atoms with Gasteiger partial charge in [-0.1, -0.05) is 55.9 Å². The third-order valence-corrected chi connectivity index (χ3v) is 7.21. The van der Waals surface area contributed by atoms with E-state index in [0.717, 1.165) is 50.7 Å². The number of amides is 1. The minimum absolute atomic E-state index is 0.0638. The third kappa shape index (κ3) is 4.71. The number of carbonyl (C=O) groups is 1. The predicted molar refractivity (Wildman–Crippen MR) is 139 cm³/mol. The lowest BCUT2D eigenvalue weighted by Gasteiger charge is -2.19. The van der Waals surface area contributed by atoms with Crippen LogP contribution in [0.3, 0.4) is 0 Å². The summed E-state index contributed by atoms with van der Waals surface area (Å²) in [7, 11) is 1.68. The molecule has 2 aromatic heterocycles. The number of hydrogen-bond donors (Lipinski definition) is 0. The first-order valence-corrected chi connectivity index (χ1v) is 12.5. The number of fused-ring (bicyclic) bond motifs is 1. The van der Waals surface area contributed by atoms with E-state index < -0.39 is 0 Å². The second kappa shape index (κ2) is 9.97. The van der Waals surface area contributed by atoms with Crippen LogP contribution in [0.15, 0.2) is 42.5 Å². The van der Waals surface area contributed by atoms with Gasteiger partial charge in [0.1, 0.15) is 5.75 Å². The van der Waals surface area contributed by atoms with Gasteiger partial charge >= 0.3 is 0 Å². The van der Waals surface area contributed by atoms with Gasteiger partial charge in [0.2, 0.25) is 11.0 Å². The van der Waals surface area contributed by atoms with Crippen LogP contribution in [0.25, 0.3) is 27.3 Å². The Bertz CT molecular complexity index is 1320. The first-order chi connectivity index (χ1) is 16.3. The smallest absolute Gasteiger partial charge is 0.219 e. The van der Waals surface area contributed by atoms with E-state index in [9.17, 15) is 4.79 Å². The van der Waals surface area contributed by atoms with Crippen molar-refractivity contribution in [3.63, 3.8) is 0 Å². The molecule has 0 fully saturated rings. The molecule has 0 aliphatic carbocycles. The molecule has 0 bridgehead atoms. The first kappa shape index (κ1) is 24.0. The summed E-state index contributed by atoms with van der Waals surface area (Å²) in [6.07, 6.45) is 0.908. The van der Waals surface area contributed by atoms with Crippen LogP contribution in [0.1, 0.15) is 56.2 Å². The molecule has 7 heteroatoms. The fourth-order valence-corrected chi connectivity index (χ4v) is 5.19. The van der Waals surface area contributed by atoms with E-state index >= 15 is 0 Å². The van der Waals surface area contributed by atoms with E-state index in [1.165, 1.54) is 4.88 Å². The Hall–Kier alpha value is -3.19. The van der Waals surface area contributed by atoms with E-state index in [4.69, 9.17) is 14.8 Å². The van der Waals surface area contributed by atoms with E-state index in [2.05, 4.69) is 52.0 Å². The molecule has 0 saturated carbocycles. The van der Waals surface area contributed by atoms with Crippen molar-refractivity contribution in [3.05, 3.63) is 58.6 Å². The molecule has 0 aliphatic rings. The molecule has 34 heavy (non-hydrogen) atoms. The molecular formula is C27H32N4O2S. The number of benzene rings is 2. The molecule has 0 atom stereocenters. The molecule has 0 saturated heterocycles. The second-order valence-corrected chi connectivity index (χ2v) is 9.92. The van der Waals surface area contributed by atoms with Crippen molar-refractivity contribution < 1.29 is 9.53 Å². The summed E-state index contributed by atoms with van der Waals surface area (Å²) in [4.78, 5) is 20.4. The van der Waals surface area contributed by atoms with Crippen LogP contribution in [-0.2, 0) is 11.3 Å². The van der Waals surface area contributed by atoms with Gasteiger partial charge in [0.05, 0.1) is 30.6 Å².